The third-order valence-electron chi connectivity index (χ3n) is 11.0. The maximum absolute atomic E-state index is 4.98. The van der Waals surface area contributed by atoms with Crippen LogP contribution in [-0.2, 0) is 37.4 Å². The maximum atomic E-state index is 4.98. The summed E-state index contributed by atoms with van der Waals surface area (Å²) in [6.07, 6.45) is 4.16. The van der Waals surface area contributed by atoms with Crippen LogP contribution in [0.15, 0.2) is 164 Å². The molecule has 4 nitrogen and oxygen atoms in total. The number of benzene rings is 6. The minimum absolute atomic E-state index is 0. The fraction of sp³-hybridized carbons (Fsp3) is 0.176. The van der Waals surface area contributed by atoms with Crippen molar-refractivity contribution in [3.63, 3.8) is 0 Å². The molecule has 0 amide bonds. The van der Waals surface area contributed by atoms with E-state index >= 15 is 0 Å². The molecule has 0 unspecified atom stereocenters. The molecule has 0 aliphatic carbocycles. The number of pyridine rings is 1. The van der Waals surface area contributed by atoms with Gasteiger partial charge in [0.2, 0.25) is 0 Å². The van der Waals surface area contributed by atoms with Crippen LogP contribution in [0, 0.1) is 12.1 Å². The Hall–Kier alpha value is -5.57. The van der Waals surface area contributed by atoms with Gasteiger partial charge in [-0.1, -0.05) is 111 Å². The van der Waals surface area contributed by atoms with Gasteiger partial charge in [0.05, 0.1) is 5.54 Å². The van der Waals surface area contributed by atoms with Crippen molar-refractivity contribution in [2.75, 3.05) is 0 Å². The van der Waals surface area contributed by atoms with Gasteiger partial charge in [-0.25, -0.2) is 14.1 Å². The Morgan fingerprint density at radius 3 is 1.80 bits per heavy atom. The molecule has 0 bridgehead atoms. The van der Waals surface area contributed by atoms with Gasteiger partial charge in [-0.3, -0.25) is 0 Å². The van der Waals surface area contributed by atoms with Crippen molar-refractivity contribution in [1.29, 1.82) is 0 Å². The van der Waals surface area contributed by atoms with E-state index in [-0.39, 0.29) is 32.0 Å². The standard InChI is InChI=1S/C51H45N4.Pt/c1-49(2,3)38-30-31-52-48(34-38)55-44-25-14-13-24-42(44)43-29-28-40(33-47(43)55)51(36-18-9-7-10-19-36,37-20-11-8-12-21-37)39-22-17-23-41(32-39)53-35-54(50(4,5)6)46-27-16-15-26-45(46)53;/h7-31,34-35H,1-6H3;/q-1;. The second kappa shape index (κ2) is 14.2. The zero-order chi connectivity index (χ0) is 38.0. The fourth-order valence-corrected chi connectivity index (χ4v) is 8.32. The van der Waals surface area contributed by atoms with Gasteiger partial charge in [-0.05, 0) is 78.6 Å². The van der Waals surface area contributed by atoms with Crippen LogP contribution in [0.5, 0.6) is 0 Å². The summed E-state index contributed by atoms with van der Waals surface area (Å²) in [5, 5.41) is 2.31. The summed E-state index contributed by atoms with van der Waals surface area (Å²) >= 11 is 0. The minimum atomic E-state index is -0.766. The molecule has 0 saturated heterocycles. The number of aromatic nitrogens is 4. The van der Waals surface area contributed by atoms with Gasteiger partial charge in [-0.2, -0.15) is 30.3 Å². The van der Waals surface area contributed by atoms with Crippen LogP contribution in [0.2, 0.25) is 0 Å². The summed E-state index contributed by atoms with van der Waals surface area (Å²) in [7, 11) is 0. The molecule has 0 aliphatic heterocycles. The largest absolute Gasteiger partial charge is 0.319 e. The summed E-state index contributed by atoms with van der Waals surface area (Å²) in [4.78, 5) is 4.98. The molecule has 0 atom stereocenters. The van der Waals surface area contributed by atoms with Crippen molar-refractivity contribution < 1.29 is 21.1 Å². The Balaban J connectivity index is 0.00000441. The van der Waals surface area contributed by atoms with E-state index in [1.165, 1.54) is 16.5 Å². The van der Waals surface area contributed by atoms with Gasteiger partial charge >= 0.3 is 0 Å². The second-order valence-electron chi connectivity index (χ2n) is 16.6. The molecule has 9 rings (SSSR count). The van der Waals surface area contributed by atoms with Crippen molar-refractivity contribution in [3.8, 4) is 11.5 Å². The summed E-state index contributed by atoms with van der Waals surface area (Å²) in [5.74, 6) is 0.886. The third kappa shape index (κ3) is 6.12. The predicted molar refractivity (Wildman–Crippen MR) is 227 cm³/mol. The normalized spacial score (nSPS) is 12.3. The Labute approximate surface area is 344 Å². The molecule has 0 saturated carbocycles. The number of hydrogen-bond acceptors (Lipinski definition) is 1. The smallest absolute Gasteiger partial charge is 0.188 e. The van der Waals surface area contributed by atoms with E-state index in [1.54, 1.807) is 0 Å². The van der Waals surface area contributed by atoms with E-state index < -0.39 is 5.41 Å². The number of para-hydroxylation sites is 3. The fourth-order valence-electron chi connectivity index (χ4n) is 8.32. The molecule has 0 spiro atoms. The predicted octanol–water partition coefficient (Wildman–Crippen LogP) is 12.2. The average molecular weight is 909 g/mol. The zero-order valence-electron chi connectivity index (χ0n) is 32.7. The van der Waals surface area contributed by atoms with Gasteiger partial charge in [0.15, 0.2) is 17.4 Å². The first-order valence-corrected chi connectivity index (χ1v) is 19.1. The van der Waals surface area contributed by atoms with Crippen molar-refractivity contribution in [1.82, 2.24) is 18.7 Å². The maximum Gasteiger partial charge on any atom is 0.188 e. The monoisotopic (exact) mass is 908 g/mol. The zero-order valence-corrected chi connectivity index (χ0v) is 35.0. The van der Waals surface area contributed by atoms with Gasteiger partial charge in [0, 0.05) is 56.0 Å². The molecule has 5 heteroatoms. The number of hydrogen-bond donors (Lipinski definition) is 0. The number of imidazole rings is 1. The summed E-state index contributed by atoms with van der Waals surface area (Å²) in [5.41, 5.74) is 10.1. The van der Waals surface area contributed by atoms with Crippen LogP contribution in [0.1, 0.15) is 69.4 Å². The van der Waals surface area contributed by atoms with E-state index in [1.807, 2.05) is 6.20 Å². The molecular formula is C51H45N4Pt-. The molecule has 0 fully saturated rings. The first-order chi connectivity index (χ1) is 26.5. The van der Waals surface area contributed by atoms with Crippen LogP contribution in [0.4, 0.5) is 0 Å². The number of rotatable bonds is 6. The van der Waals surface area contributed by atoms with E-state index in [0.29, 0.717) is 0 Å². The summed E-state index contributed by atoms with van der Waals surface area (Å²) in [6.45, 7) is 13.5. The molecule has 9 aromatic rings. The minimum Gasteiger partial charge on any atom is -0.319 e. The van der Waals surface area contributed by atoms with Crippen LogP contribution >= 0.6 is 0 Å². The molecule has 0 radical (unpaired) electrons. The Kier molecular flexibility index (Phi) is 9.46. The van der Waals surface area contributed by atoms with Crippen molar-refractivity contribution >= 4 is 32.8 Å². The van der Waals surface area contributed by atoms with Gasteiger partial charge < -0.3 is 4.57 Å². The quantitative estimate of drug-likeness (QED) is 0.121. The average Bonchev–Trinajstić information content (AvgIpc) is 3.76. The molecule has 56 heavy (non-hydrogen) atoms. The molecule has 3 aromatic heterocycles. The third-order valence-corrected chi connectivity index (χ3v) is 11.0. The summed E-state index contributed by atoms with van der Waals surface area (Å²) < 4.78 is 6.93. The molecule has 3 heterocycles. The van der Waals surface area contributed by atoms with Crippen molar-refractivity contribution in [3.05, 3.63) is 204 Å². The first kappa shape index (κ1) is 37.4. The Morgan fingerprint density at radius 2 is 1.14 bits per heavy atom. The first-order valence-electron chi connectivity index (χ1n) is 19.1. The van der Waals surface area contributed by atoms with E-state index in [0.717, 1.165) is 55.7 Å². The van der Waals surface area contributed by atoms with Crippen molar-refractivity contribution in [2.45, 2.75) is 57.9 Å². The van der Waals surface area contributed by atoms with Crippen molar-refractivity contribution in [2.24, 2.45) is 0 Å². The van der Waals surface area contributed by atoms with Crippen LogP contribution in [-0.4, -0.2) is 18.7 Å². The molecular weight excluding hydrogens is 864 g/mol. The number of nitrogens with zero attached hydrogens (tertiary/aromatic N) is 4. The Morgan fingerprint density at radius 1 is 0.536 bits per heavy atom. The molecule has 6 aromatic carbocycles. The Bertz CT molecular complexity index is 2800. The molecule has 0 N–H and O–H groups in total. The summed E-state index contributed by atoms with van der Waals surface area (Å²) in [6, 6.07) is 62.6. The number of fused-ring (bicyclic) bond motifs is 4. The van der Waals surface area contributed by atoms with E-state index in [9.17, 15) is 0 Å². The van der Waals surface area contributed by atoms with Gasteiger partial charge in [0.25, 0.3) is 0 Å². The van der Waals surface area contributed by atoms with Crippen LogP contribution < -0.4 is 0 Å². The second-order valence-corrected chi connectivity index (χ2v) is 16.6. The van der Waals surface area contributed by atoms with E-state index in [4.69, 9.17) is 4.98 Å². The molecule has 0 aliphatic rings. The SMILES string of the molecule is CC(C)(C)c1ccnc(-n2c3[c-]c(C(c4[c-]c(-n5[cH+]n(C(C)(C)C)c6ccccc65)ccc4)(c4ccccc4)c4ccccc4)ccc3c3ccccc32)c1.[Pt]. The topological polar surface area (TPSA) is 27.7 Å². The van der Waals surface area contributed by atoms with E-state index in [2.05, 4.69) is 225 Å². The van der Waals surface area contributed by atoms with Crippen LogP contribution in [0.3, 0.4) is 0 Å². The van der Waals surface area contributed by atoms with Gasteiger partial charge in [-0.15, -0.1) is 22.6 Å². The molecule has 280 valence electrons. The van der Waals surface area contributed by atoms with Gasteiger partial charge in [0.1, 0.15) is 5.82 Å². The van der Waals surface area contributed by atoms with Crippen LogP contribution in [0.25, 0.3) is 44.3 Å².